The average Bonchev–Trinajstić information content (AvgIpc) is 2.98. The van der Waals surface area contributed by atoms with E-state index in [1.54, 1.807) is 0 Å². The van der Waals surface area contributed by atoms with E-state index in [1.807, 2.05) is 6.92 Å². The lowest BCUT2D eigenvalue weighted by atomic mass is 10.0. The number of carbonyl (C=O) groups is 1. The van der Waals surface area contributed by atoms with E-state index >= 15 is 0 Å². The van der Waals surface area contributed by atoms with Crippen LogP contribution in [-0.2, 0) is 4.79 Å². The van der Waals surface area contributed by atoms with Gasteiger partial charge in [-0.3, -0.25) is 4.79 Å². The van der Waals surface area contributed by atoms with Crippen molar-refractivity contribution in [2.24, 2.45) is 5.41 Å². The van der Waals surface area contributed by atoms with Gasteiger partial charge in [-0.15, -0.1) is 0 Å². The summed E-state index contributed by atoms with van der Waals surface area (Å²) in [5.74, 6) is 0.127. The fraction of sp³-hybridized carbons (Fsp3) is 0.923. The Morgan fingerprint density at radius 2 is 2.06 bits per heavy atom. The summed E-state index contributed by atoms with van der Waals surface area (Å²) in [6.07, 6.45) is 6.21. The molecular formula is C13H26N2O. The number of rotatable bonds is 8. The van der Waals surface area contributed by atoms with Crippen LogP contribution in [0.15, 0.2) is 0 Å². The van der Waals surface area contributed by atoms with E-state index < -0.39 is 0 Å². The maximum absolute atomic E-state index is 11.5. The van der Waals surface area contributed by atoms with Crippen LogP contribution in [0.4, 0.5) is 0 Å². The van der Waals surface area contributed by atoms with Gasteiger partial charge in [0, 0.05) is 12.6 Å². The molecule has 0 bridgehead atoms. The first-order valence-electron chi connectivity index (χ1n) is 6.62. The third kappa shape index (κ3) is 4.52. The molecule has 0 aliphatic heterocycles. The topological polar surface area (TPSA) is 41.1 Å². The molecule has 3 nitrogen and oxygen atoms in total. The first-order chi connectivity index (χ1) is 7.62. The Bertz CT molecular complexity index is 224. The highest BCUT2D eigenvalue weighted by Crippen LogP contribution is 2.48. The number of hydrogen-bond donors (Lipinski definition) is 2. The molecule has 16 heavy (non-hydrogen) atoms. The fourth-order valence-electron chi connectivity index (χ4n) is 2.09. The molecule has 3 heteroatoms. The minimum absolute atomic E-state index is 0.127. The number of nitrogens with one attached hydrogen (secondary N) is 2. The van der Waals surface area contributed by atoms with Crippen LogP contribution in [-0.4, -0.2) is 25.0 Å². The minimum Gasteiger partial charge on any atom is -0.353 e. The summed E-state index contributed by atoms with van der Waals surface area (Å²) in [4.78, 5) is 11.5. The standard InChI is InChI=1S/C13H26N2O/c1-4-6-13(7-8-13)10-14-9-12(16)15-11(3)5-2/h11,14H,4-10H2,1-3H3,(H,15,16). The summed E-state index contributed by atoms with van der Waals surface area (Å²) in [6, 6.07) is 0.292. The Hall–Kier alpha value is -0.570. The van der Waals surface area contributed by atoms with Gasteiger partial charge in [0.2, 0.25) is 5.91 Å². The smallest absolute Gasteiger partial charge is 0.234 e. The number of amides is 1. The summed E-state index contributed by atoms with van der Waals surface area (Å²) >= 11 is 0. The molecule has 94 valence electrons. The SMILES string of the molecule is CCCC1(CNCC(=O)NC(C)CC)CC1. The summed E-state index contributed by atoms with van der Waals surface area (Å²) < 4.78 is 0. The molecule has 1 saturated carbocycles. The van der Waals surface area contributed by atoms with Crippen molar-refractivity contribution in [2.45, 2.75) is 58.9 Å². The molecule has 1 aliphatic carbocycles. The summed E-state index contributed by atoms with van der Waals surface area (Å²) in [5.41, 5.74) is 0.533. The van der Waals surface area contributed by atoms with Gasteiger partial charge < -0.3 is 10.6 Å². The van der Waals surface area contributed by atoms with Crippen molar-refractivity contribution >= 4 is 5.91 Å². The van der Waals surface area contributed by atoms with Crippen molar-refractivity contribution in [3.63, 3.8) is 0 Å². The third-order valence-corrected chi connectivity index (χ3v) is 3.54. The molecule has 0 saturated heterocycles. The second-order valence-electron chi connectivity index (χ2n) is 5.23. The highest BCUT2D eigenvalue weighted by Gasteiger charge is 2.40. The van der Waals surface area contributed by atoms with Crippen LogP contribution in [0.1, 0.15) is 52.9 Å². The van der Waals surface area contributed by atoms with E-state index in [0.717, 1.165) is 13.0 Å². The Kier molecular flexibility index (Phi) is 5.26. The van der Waals surface area contributed by atoms with Crippen molar-refractivity contribution in [1.82, 2.24) is 10.6 Å². The monoisotopic (exact) mass is 226 g/mol. The van der Waals surface area contributed by atoms with Gasteiger partial charge in [-0.05, 0) is 38.0 Å². The molecule has 2 N–H and O–H groups in total. The Morgan fingerprint density at radius 1 is 1.38 bits per heavy atom. The fourth-order valence-corrected chi connectivity index (χ4v) is 2.09. The predicted octanol–water partition coefficient (Wildman–Crippen LogP) is 2.07. The molecule has 0 spiro atoms. The van der Waals surface area contributed by atoms with Crippen LogP contribution in [0.25, 0.3) is 0 Å². The van der Waals surface area contributed by atoms with Gasteiger partial charge in [-0.25, -0.2) is 0 Å². The Morgan fingerprint density at radius 3 is 2.56 bits per heavy atom. The summed E-state index contributed by atoms with van der Waals surface area (Å²) in [5, 5.41) is 6.26. The van der Waals surface area contributed by atoms with Gasteiger partial charge in [-0.2, -0.15) is 0 Å². The van der Waals surface area contributed by atoms with Crippen LogP contribution in [0.2, 0.25) is 0 Å². The van der Waals surface area contributed by atoms with Crippen LogP contribution < -0.4 is 10.6 Å². The molecule has 1 atom stereocenters. The van der Waals surface area contributed by atoms with E-state index in [-0.39, 0.29) is 5.91 Å². The van der Waals surface area contributed by atoms with Crippen molar-refractivity contribution in [2.75, 3.05) is 13.1 Å². The van der Waals surface area contributed by atoms with Gasteiger partial charge in [0.05, 0.1) is 6.54 Å². The zero-order chi connectivity index (χ0) is 12.0. The zero-order valence-electron chi connectivity index (χ0n) is 10.9. The van der Waals surface area contributed by atoms with E-state index in [4.69, 9.17) is 0 Å². The van der Waals surface area contributed by atoms with E-state index in [2.05, 4.69) is 24.5 Å². The normalized spacial score (nSPS) is 19.2. The predicted molar refractivity (Wildman–Crippen MR) is 67.3 cm³/mol. The number of carbonyl (C=O) groups excluding carboxylic acids is 1. The van der Waals surface area contributed by atoms with Gasteiger partial charge in [0.25, 0.3) is 0 Å². The second kappa shape index (κ2) is 6.24. The highest BCUT2D eigenvalue weighted by molar-refractivity contribution is 5.78. The molecule has 1 fully saturated rings. The van der Waals surface area contributed by atoms with Gasteiger partial charge >= 0.3 is 0 Å². The maximum atomic E-state index is 11.5. The third-order valence-electron chi connectivity index (χ3n) is 3.54. The zero-order valence-corrected chi connectivity index (χ0v) is 10.9. The lowest BCUT2D eigenvalue weighted by Crippen LogP contribution is -2.40. The molecule has 0 heterocycles. The molecule has 0 aromatic heterocycles. The summed E-state index contributed by atoms with van der Waals surface area (Å²) in [7, 11) is 0. The highest BCUT2D eigenvalue weighted by atomic mass is 16.1. The first kappa shape index (κ1) is 13.5. The van der Waals surface area contributed by atoms with Gasteiger partial charge in [0.15, 0.2) is 0 Å². The van der Waals surface area contributed by atoms with Crippen LogP contribution in [0.5, 0.6) is 0 Å². The molecule has 0 aromatic carbocycles. The van der Waals surface area contributed by atoms with Crippen LogP contribution in [0.3, 0.4) is 0 Å². The van der Waals surface area contributed by atoms with E-state index in [0.29, 0.717) is 18.0 Å². The Balaban J connectivity index is 2.09. The van der Waals surface area contributed by atoms with Gasteiger partial charge in [0.1, 0.15) is 0 Å². The van der Waals surface area contributed by atoms with Crippen molar-refractivity contribution in [3.8, 4) is 0 Å². The molecule has 0 aromatic rings. The van der Waals surface area contributed by atoms with E-state index in [9.17, 15) is 4.79 Å². The quantitative estimate of drug-likeness (QED) is 0.665. The molecule has 0 radical (unpaired) electrons. The molecule has 1 amide bonds. The maximum Gasteiger partial charge on any atom is 0.234 e. The Labute approximate surface area is 99.4 Å². The number of hydrogen-bond acceptors (Lipinski definition) is 2. The second-order valence-corrected chi connectivity index (χ2v) is 5.23. The van der Waals surface area contributed by atoms with Crippen molar-refractivity contribution in [3.05, 3.63) is 0 Å². The molecule has 1 rings (SSSR count). The summed E-state index contributed by atoms with van der Waals surface area (Å²) in [6.45, 7) is 7.83. The average molecular weight is 226 g/mol. The first-order valence-corrected chi connectivity index (χ1v) is 6.62. The minimum atomic E-state index is 0.127. The molecule has 1 aliphatic rings. The molecular weight excluding hydrogens is 200 g/mol. The van der Waals surface area contributed by atoms with Crippen molar-refractivity contribution in [1.29, 1.82) is 0 Å². The van der Waals surface area contributed by atoms with Gasteiger partial charge in [-0.1, -0.05) is 20.3 Å². The van der Waals surface area contributed by atoms with Crippen molar-refractivity contribution < 1.29 is 4.79 Å². The van der Waals surface area contributed by atoms with Crippen LogP contribution in [0, 0.1) is 5.41 Å². The lowest BCUT2D eigenvalue weighted by Gasteiger charge is -2.16. The van der Waals surface area contributed by atoms with E-state index in [1.165, 1.54) is 25.7 Å². The lowest BCUT2D eigenvalue weighted by molar-refractivity contribution is -0.120. The van der Waals surface area contributed by atoms with Crippen LogP contribution >= 0.6 is 0 Å². The molecule has 1 unspecified atom stereocenters. The largest absolute Gasteiger partial charge is 0.353 e.